The molecule has 54 heavy (non-hydrogen) atoms. The maximum absolute atomic E-state index is 15.0. The van der Waals surface area contributed by atoms with Gasteiger partial charge in [0.15, 0.2) is 17.3 Å². The first kappa shape index (κ1) is 38.6. The molecule has 0 bridgehead atoms. The highest BCUT2D eigenvalue weighted by atomic mass is 35.5. The van der Waals surface area contributed by atoms with E-state index in [0.29, 0.717) is 11.3 Å². The molecule has 1 saturated carbocycles. The van der Waals surface area contributed by atoms with Crippen molar-refractivity contribution in [3.05, 3.63) is 77.0 Å². The summed E-state index contributed by atoms with van der Waals surface area (Å²) in [5, 5.41) is 14.6. The van der Waals surface area contributed by atoms with E-state index in [0.717, 1.165) is 21.5 Å². The Morgan fingerprint density at radius 2 is 1.76 bits per heavy atom. The lowest BCUT2D eigenvalue weighted by Crippen LogP contribution is -2.50. The number of aliphatic imine (C=N–C) groups is 1. The Morgan fingerprint density at radius 1 is 1.07 bits per heavy atom. The van der Waals surface area contributed by atoms with Gasteiger partial charge < -0.3 is 15.8 Å². The Kier molecular flexibility index (Phi) is 9.96. The zero-order valence-corrected chi connectivity index (χ0v) is 30.7. The van der Waals surface area contributed by atoms with Crippen molar-refractivity contribution in [3.63, 3.8) is 0 Å². The molecule has 288 valence electrons. The quantitative estimate of drug-likeness (QED) is 0.154. The number of nitrogens with one attached hydrogen (secondary N) is 1. The van der Waals surface area contributed by atoms with Gasteiger partial charge in [0.1, 0.15) is 24.2 Å². The normalized spacial score (nSPS) is 19.0. The SMILES string of the molecule is CC(C)n1ncc(-c2ccc([C@@]3(CC(C)(C)C)N=C(N)N([C@H](COC(=O)NC4(C(F)(F)F)CC4)c4ccc(Cl)c(-n5ncnc5C(F)F)c4)C3=O)cc2)n1. The lowest BCUT2D eigenvalue weighted by molar-refractivity contribution is -0.164. The molecule has 13 nitrogen and oxygen atoms in total. The van der Waals surface area contributed by atoms with Gasteiger partial charge >= 0.3 is 12.3 Å². The van der Waals surface area contributed by atoms with Gasteiger partial charge in [0.2, 0.25) is 0 Å². The number of halogens is 6. The number of amides is 2. The molecule has 6 rings (SSSR count). The van der Waals surface area contributed by atoms with Crippen molar-refractivity contribution in [2.45, 2.75) is 89.6 Å². The van der Waals surface area contributed by atoms with Crippen LogP contribution in [0, 0.1) is 5.41 Å². The molecule has 2 amide bonds. The van der Waals surface area contributed by atoms with Gasteiger partial charge in [0.25, 0.3) is 12.3 Å². The van der Waals surface area contributed by atoms with Gasteiger partial charge in [0, 0.05) is 5.56 Å². The summed E-state index contributed by atoms with van der Waals surface area (Å²) in [6.07, 6.45) is -7.08. The largest absolute Gasteiger partial charge is 0.447 e. The van der Waals surface area contributed by atoms with Crippen molar-refractivity contribution < 1.29 is 36.3 Å². The molecule has 0 unspecified atom stereocenters. The molecule has 1 aliphatic carbocycles. The number of guanidine groups is 1. The van der Waals surface area contributed by atoms with Crippen LogP contribution in [0.3, 0.4) is 0 Å². The second kappa shape index (κ2) is 13.9. The average molecular weight is 777 g/mol. The van der Waals surface area contributed by atoms with Gasteiger partial charge in [-0.25, -0.2) is 28.2 Å². The van der Waals surface area contributed by atoms with Crippen LogP contribution in [-0.4, -0.2) is 70.9 Å². The Hall–Kier alpha value is -5.13. The summed E-state index contributed by atoms with van der Waals surface area (Å²) in [4.78, 5) is 38.9. The van der Waals surface area contributed by atoms with Crippen LogP contribution in [0.15, 0.2) is 60.0 Å². The number of carbonyl (C=O) groups is 2. The van der Waals surface area contributed by atoms with Crippen LogP contribution >= 0.6 is 11.6 Å². The van der Waals surface area contributed by atoms with Gasteiger partial charge in [-0.15, -0.1) is 0 Å². The van der Waals surface area contributed by atoms with E-state index in [1.807, 2.05) is 39.9 Å². The van der Waals surface area contributed by atoms with Crippen molar-refractivity contribution in [1.82, 2.24) is 40.0 Å². The summed E-state index contributed by atoms with van der Waals surface area (Å²) < 4.78 is 74.9. The molecular weight excluding hydrogens is 739 g/mol. The molecule has 0 saturated heterocycles. The number of carbonyl (C=O) groups excluding carboxylic acids is 2. The molecule has 19 heteroatoms. The fraction of sp³-hybridized carbons (Fsp3) is 0.457. The molecule has 2 aromatic carbocycles. The molecule has 3 heterocycles. The minimum Gasteiger partial charge on any atom is -0.447 e. The van der Waals surface area contributed by atoms with E-state index in [2.05, 4.69) is 20.3 Å². The molecule has 2 aliphatic rings. The number of alkyl carbamates (subject to hydrolysis) is 1. The highest BCUT2D eigenvalue weighted by molar-refractivity contribution is 6.32. The zero-order chi connectivity index (χ0) is 39.4. The number of hydrogen-bond acceptors (Lipinski definition) is 9. The Morgan fingerprint density at radius 3 is 2.33 bits per heavy atom. The Balaban J connectivity index is 1.40. The summed E-state index contributed by atoms with van der Waals surface area (Å²) in [5.74, 6) is -1.62. The summed E-state index contributed by atoms with van der Waals surface area (Å²) in [6, 6.07) is 9.85. The second-order valence-electron chi connectivity index (χ2n) is 14.8. The lowest BCUT2D eigenvalue weighted by atomic mass is 9.75. The summed E-state index contributed by atoms with van der Waals surface area (Å²) >= 11 is 6.43. The van der Waals surface area contributed by atoms with Crippen LogP contribution in [0.25, 0.3) is 16.9 Å². The van der Waals surface area contributed by atoms with Crippen molar-refractivity contribution >= 4 is 29.6 Å². The zero-order valence-electron chi connectivity index (χ0n) is 29.9. The standard InChI is InChI=1S/C35H38ClF5N10O3/c1-19(2)51-44-15-24(48-51)20-6-9-22(10-7-20)34(17-32(3,4)5)29(52)49(30(42)46-34)26(16-54-31(53)47-33(12-13-33)35(39,40)41)21-8-11-23(36)25(14-21)50-28(27(37)38)43-18-45-50/h6-11,14-15,18-19,26-27H,12-13,16-17H2,1-5H3,(H2,42,46)(H,47,53)/t26-,34-/m1/s1. The smallest absolute Gasteiger partial charge is 0.411 e. The first-order chi connectivity index (χ1) is 25.2. The van der Waals surface area contributed by atoms with Crippen molar-refractivity contribution in [3.8, 4) is 16.9 Å². The third-order valence-electron chi connectivity index (χ3n) is 9.21. The molecule has 3 N–H and O–H groups in total. The van der Waals surface area contributed by atoms with Gasteiger partial charge in [0.05, 0.1) is 29.0 Å². The number of aromatic nitrogens is 6. The van der Waals surface area contributed by atoms with Crippen LogP contribution in [0.5, 0.6) is 0 Å². The number of benzene rings is 2. The van der Waals surface area contributed by atoms with E-state index < -0.39 is 59.6 Å². The number of hydrogen-bond donors (Lipinski definition) is 2. The minimum atomic E-state index is -4.72. The lowest BCUT2D eigenvalue weighted by Gasteiger charge is -2.35. The van der Waals surface area contributed by atoms with E-state index in [4.69, 9.17) is 27.1 Å². The van der Waals surface area contributed by atoms with Gasteiger partial charge in [-0.3, -0.25) is 9.69 Å². The van der Waals surface area contributed by atoms with Gasteiger partial charge in [-0.1, -0.05) is 62.7 Å². The molecule has 0 radical (unpaired) electrons. The minimum absolute atomic E-state index is 0.0191. The number of ether oxygens (including phenoxy) is 1. The van der Waals surface area contributed by atoms with Gasteiger partial charge in [-0.2, -0.15) is 33.3 Å². The van der Waals surface area contributed by atoms with E-state index >= 15 is 0 Å². The highest BCUT2D eigenvalue weighted by Gasteiger charge is 2.64. The van der Waals surface area contributed by atoms with E-state index in [1.54, 1.807) is 35.3 Å². The van der Waals surface area contributed by atoms with Crippen LogP contribution in [0.4, 0.5) is 26.7 Å². The predicted molar refractivity (Wildman–Crippen MR) is 187 cm³/mol. The third-order valence-corrected chi connectivity index (χ3v) is 9.53. The highest BCUT2D eigenvalue weighted by Crippen LogP contribution is 2.49. The number of nitrogens with zero attached hydrogens (tertiary/aromatic N) is 8. The van der Waals surface area contributed by atoms with E-state index in [-0.39, 0.29) is 47.5 Å². The third kappa shape index (κ3) is 7.35. The number of alkyl halides is 5. The van der Waals surface area contributed by atoms with Crippen molar-refractivity contribution in [2.24, 2.45) is 16.1 Å². The van der Waals surface area contributed by atoms with Crippen molar-refractivity contribution in [2.75, 3.05) is 6.61 Å². The molecule has 4 aromatic rings. The van der Waals surface area contributed by atoms with Crippen LogP contribution in [-0.2, 0) is 15.1 Å². The van der Waals surface area contributed by atoms with Crippen LogP contribution in [0.1, 0.15) is 89.3 Å². The summed E-state index contributed by atoms with van der Waals surface area (Å²) in [6.45, 7) is 8.92. The number of rotatable bonds is 11. The molecule has 2 atom stereocenters. The Labute approximate surface area is 311 Å². The average Bonchev–Trinajstić information content (AvgIpc) is 3.40. The van der Waals surface area contributed by atoms with E-state index in [9.17, 15) is 31.5 Å². The maximum atomic E-state index is 15.0. The molecule has 0 spiro atoms. The van der Waals surface area contributed by atoms with Crippen molar-refractivity contribution in [1.29, 1.82) is 0 Å². The second-order valence-corrected chi connectivity index (χ2v) is 15.2. The summed E-state index contributed by atoms with van der Waals surface area (Å²) in [5.41, 5.74) is 3.95. The molecule has 1 aliphatic heterocycles. The molecule has 2 aromatic heterocycles. The molecule has 1 fully saturated rings. The fourth-order valence-electron chi connectivity index (χ4n) is 6.44. The monoisotopic (exact) mass is 776 g/mol. The Bertz CT molecular complexity index is 2070. The number of nitrogens with two attached hydrogens (primary N) is 1. The van der Waals surface area contributed by atoms with Crippen LogP contribution in [0.2, 0.25) is 5.02 Å². The van der Waals surface area contributed by atoms with Crippen LogP contribution < -0.4 is 11.1 Å². The maximum Gasteiger partial charge on any atom is 0.411 e. The van der Waals surface area contributed by atoms with E-state index in [1.165, 1.54) is 18.2 Å². The fourth-order valence-corrected chi connectivity index (χ4v) is 6.64. The first-order valence-corrected chi connectivity index (χ1v) is 17.3. The van der Waals surface area contributed by atoms with Gasteiger partial charge in [-0.05, 0) is 61.8 Å². The summed E-state index contributed by atoms with van der Waals surface area (Å²) in [7, 11) is 0. The first-order valence-electron chi connectivity index (χ1n) is 17.0. The topological polar surface area (TPSA) is 158 Å². The molecular formula is C35H38ClF5N10O3. The predicted octanol–water partition coefficient (Wildman–Crippen LogP) is 7.05.